The summed E-state index contributed by atoms with van der Waals surface area (Å²) in [4.78, 5) is 41.4. The second-order valence-corrected chi connectivity index (χ2v) is 10.2. The molecular formula is C27H28FN3O5S. The first kappa shape index (κ1) is 25.1. The Morgan fingerprint density at radius 3 is 2.78 bits per heavy atom. The fraction of sp³-hybridized carbons (Fsp3) is 0.370. The lowest BCUT2D eigenvalue weighted by Gasteiger charge is -2.41. The zero-order valence-electron chi connectivity index (χ0n) is 20.2. The highest BCUT2D eigenvalue weighted by atomic mass is 32.2. The third kappa shape index (κ3) is 5.58. The van der Waals surface area contributed by atoms with Crippen molar-refractivity contribution in [3.63, 3.8) is 0 Å². The van der Waals surface area contributed by atoms with Gasteiger partial charge in [-0.15, -0.1) is 11.8 Å². The fourth-order valence-corrected chi connectivity index (χ4v) is 5.72. The van der Waals surface area contributed by atoms with E-state index in [9.17, 15) is 18.8 Å². The Bertz CT molecular complexity index is 1220. The molecule has 2 aromatic rings. The molecule has 1 N–H and O–H groups in total. The van der Waals surface area contributed by atoms with E-state index < -0.39 is 11.3 Å². The number of carbonyl (C=O) groups excluding carboxylic acids is 3. The molecule has 0 aliphatic carbocycles. The summed E-state index contributed by atoms with van der Waals surface area (Å²) in [5, 5.41) is 4.33. The van der Waals surface area contributed by atoms with Gasteiger partial charge in [-0.2, -0.15) is 0 Å². The summed E-state index contributed by atoms with van der Waals surface area (Å²) < 4.78 is 24.9. The Hall–Kier alpha value is -3.53. The molecule has 0 aromatic heterocycles. The van der Waals surface area contributed by atoms with E-state index in [1.54, 1.807) is 23.1 Å². The number of rotatable bonds is 10. The van der Waals surface area contributed by atoms with E-state index in [0.717, 1.165) is 5.56 Å². The first-order valence-corrected chi connectivity index (χ1v) is 13.3. The van der Waals surface area contributed by atoms with Gasteiger partial charge in [-0.05, 0) is 42.0 Å². The van der Waals surface area contributed by atoms with Crippen molar-refractivity contribution in [3.05, 3.63) is 70.9 Å². The topological polar surface area (TPSA) is 88.2 Å². The van der Waals surface area contributed by atoms with Crippen LogP contribution in [0.1, 0.15) is 36.8 Å². The number of halogens is 1. The molecule has 3 aliphatic rings. The summed E-state index contributed by atoms with van der Waals surface area (Å²) in [5.74, 6) is 0.738. The zero-order valence-corrected chi connectivity index (χ0v) is 21.0. The van der Waals surface area contributed by atoms with Crippen molar-refractivity contribution >= 4 is 29.6 Å². The van der Waals surface area contributed by atoms with Crippen LogP contribution < -0.4 is 14.8 Å². The summed E-state index contributed by atoms with van der Waals surface area (Å²) in [6.45, 7) is 0.984. The van der Waals surface area contributed by atoms with Gasteiger partial charge in [0.25, 0.3) is 0 Å². The van der Waals surface area contributed by atoms with Gasteiger partial charge < -0.3 is 19.7 Å². The molecular weight excluding hydrogens is 497 g/mol. The number of carbonyl (C=O) groups is 3. The number of unbranched alkanes of at least 4 members (excludes halogenated alkanes) is 2. The number of hydrogen-bond acceptors (Lipinski definition) is 6. The minimum Gasteiger partial charge on any atom is -0.454 e. The van der Waals surface area contributed by atoms with Crippen molar-refractivity contribution in [1.82, 2.24) is 15.1 Å². The molecule has 0 saturated carbocycles. The maximum Gasteiger partial charge on any atom is 0.327 e. The summed E-state index contributed by atoms with van der Waals surface area (Å²) >= 11 is 1.39. The van der Waals surface area contributed by atoms with Crippen molar-refractivity contribution in [1.29, 1.82) is 0 Å². The molecule has 2 atom stereocenters. The minimum absolute atomic E-state index is 0.0601. The predicted octanol–water partition coefficient (Wildman–Crippen LogP) is 4.19. The van der Waals surface area contributed by atoms with Gasteiger partial charge in [0, 0.05) is 25.1 Å². The Labute approximate surface area is 218 Å². The molecule has 0 spiro atoms. The third-order valence-electron chi connectivity index (χ3n) is 6.67. The van der Waals surface area contributed by atoms with Crippen molar-refractivity contribution in [2.45, 2.75) is 50.1 Å². The number of ether oxygens (including phenoxy) is 2. The van der Waals surface area contributed by atoms with E-state index in [0.29, 0.717) is 49.3 Å². The summed E-state index contributed by atoms with van der Waals surface area (Å²) in [5.41, 5.74) is 1.35. The van der Waals surface area contributed by atoms with E-state index >= 15 is 0 Å². The second kappa shape index (κ2) is 11.2. The molecule has 194 valence electrons. The molecule has 0 radical (unpaired) electrons. The summed E-state index contributed by atoms with van der Waals surface area (Å²) in [7, 11) is 0. The van der Waals surface area contributed by atoms with Crippen LogP contribution in [0.3, 0.4) is 0 Å². The number of amides is 4. The second-order valence-electron chi connectivity index (χ2n) is 9.14. The van der Waals surface area contributed by atoms with Crippen molar-refractivity contribution in [3.8, 4) is 11.5 Å². The molecule has 0 bridgehead atoms. The Kier molecular flexibility index (Phi) is 7.64. The first-order chi connectivity index (χ1) is 18.0. The van der Waals surface area contributed by atoms with Gasteiger partial charge in [0.1, 0.15) is 11.1 Å². The Balaban J connectivity index is 1.08. The lowest BCUT2D eigenvalue weighted by atomic mass is 10.1. The van der Waals surface area contributed by atoms with Gasteiger partial charge >= 0.3 is 6.03 Å². The van der Waals surface area contributed by atoms with E-state index in [1.165, 1.54) is 22.7 Å². The van der Waals surface area contributed by atoms with E-state index in [2.05, 4.69) is 5.32 Å². The van der Waals surface area contributed by atoms with Crippen molar-refractivity contribution < 1.29 is 28.2 Å². The molecule has 10 heteroatoms. The van der Waals surface area contributed by atoms with Crippen LogP contribution in [-0.4, -0.2) is 52.3 Å². The van der Waals surface area contributed by atoms with Gasteiger partial charge in [0.15, 0.2) is 11.5 Å². The molecule has 8 nitrogen and oxygen atoms in total. The van der Waals surface area contributed by atoms with Gasteiger partial charge in [0.2, 0.25) is 18.6 Å². The van der Waals surface area contributed by atoms with Crippen LogP contribution in [0.15, 0.2) is 53.9 Å². The van der Waals surface area contributed by atoms with Crippen LogP contribution in [0.5, 0.6) is 11.5 Å². The molecule has 3 heterocycles. The maximum atomic E-state index is 14.3. The molecule has 2 aromatic carbocycles. The zero-order chi connectivity index (χ0) is 25.8. The number of urea groups is 1. The number of benzene rings is 2. The number of imide groups is 1. The largest absolute Gasteiger partial charge is 0.454 e. The number of hydrogen-bond donors (Lipinski definition) is 1. The SMILES string of the molecule is O=C(CCCCCN1C(=O)C2SC=CC2N(Cc2ccccc2F)C1=O)NCc1ccc2c(c1)OCO2. The van der Waals surface area contributed by atoms with Crippen molar-refractivity contribution in [2.24, 2.45) is 0 Å². The third-order valence-corrected chi connectivity index (χ3v) is 7.76. The molecule has 2 unspecified atom stereocenters. The lowest BCUT2D eigenvalue weighted by Crippen LogP contribution is -2.61. The smallest absolute Gasteiger partial charge is 0.327 e. The standard InChI is InChI=1S/C27H28FN3O5S/c28-20-7-4-3-6-19(20)16-31-21-11-13-37-25(21)26(33)30(27(31)34)12-5-1-2-8-24(32)29-15-18-9-10-22-23(14-18)36-17-35-22/h3-4,6-7,9-11,13-14,21,25H,1-2,5,8,12,15-17H2,(H,29,32). The quantitative estimate of drug-likeness (QED) is 0.468. The van der Waals surface area contributed by atoms with Gasteiger partial charge in [-0.3, -0.25) is 14.5 Å². The number of nitrogens with one attached hydrogen (secondary N) is 1. The minimum atomic E-state index is -0.411. The summed E-state index contributed by atoms with van der Waals surface area (Å²) in [6.07, 6.45) is 4.13. The van der Waals surface area contributed by atoms with Gasteiger partial charge in [-0.25, -0.2) is 9.18 Å². The summed E-state index contributed by atoms with van der Waals surface area (Å²) in [6, 6.07) is 11.2. The first-order valence-electron chi connectivity index (χ1n) is 12.3. The van der Waals surface area contributed by atoms with E-state index in [1.807, 2.05) is 29.7 Å². The van der Waals surface area contributed by atoms with E-state index in [4.69, 9.17) is 9.47 Å². The number of nitrogens with zero attached hydrogens (tertiary/aromatic N) is 2. The van der Waals surface area contributed by atoms with Crippen LogP contribution >= 0.6 is 11.8 Å². The van der Waals surface area contributed by atoms with Gasteiger partial charge in [-0.1, -0.05) is 36.8 Å². The molecule has 5 rings (SSSR count). The highest BCUT2D eigenvalue weighted by molar-refractivity contribution is 8.03. The Morgan fingerprint density at radius 1 is 1.08 bits per heavy atom. The molecule has 4 amide bonds. The van der Waals surface area contributed by atoms with Crippen LogP contribution in [0.2, 0.25) is 0 Å². The van der Waals surface area contributed by atoms with E-state index in [-0.39, 0.29) is 43.6 Å². The number of fused-ring (bicyclic) bond motifs is 2. The van der Waals surface area contributed by atoms with Crippen LogP contribution in [-0.2, 0) is 22.7 Å². The fourth-order valence-electron chi connectivity index (χ4n) is 4.66. The molecule has 1 saturated heterocycles. The molecule has 3 aliphatic heterocycles. The predicted molar refractivity (Wildman–Crippen MR) is 136 cm³/mol. The molecule has 37 heavy (non-hydrogen) atoms. The normalized spacial score (nSPS) is 19.9. The number of thioether (sulfide) groups is 1. The van der Waals surface area contributed by atoms with Crippen LogP contribution in [0.4, 0.5) is 9.18 Å². The Morgan fingerprint density at radius 2 is 1.92 bits per heavy atom. The monoisotopic (exact) mass is 525 g/mol. The molecule has 1 fully saturated rings. The average Bonchev–Trinajstić information content (AvgIpc) is 3.57. The van der Waals surface area contributed by atoms with Crippen molar-refractivity contribution in [2.75, 3.05) is 13.3 Å². The maximum absolute atomic E-state index is 14.3. The van der Waals surface area contributed by atoms with Gasteiger partial charge in [0.05, 0.1) is 12.6 Å². The lowest BCUT2D eigenvalue weighted by molar-refractivity contribution is -0.131. The van der Waals surface area contributed by atoms with Crippen LogP contribution in [0.25, 0.3) is 0 Å². The highest BCUT2D eigenvalue weighted by Crippen LogP contribution is 2.35. The van der Waals surface area contributed by atoms with Crippen LogP contribution in [0, 0.1) is 5.82 Å². The highest BCUT2D eigenvalue weighted by Gasteiger charge is 2.47. The average molecular weight is 526 g/mol.